The number of hydrogen-bond acceptors (Lipinski definition) is 3. The van der Waals surface area contributed by atoms with Gasteiger partial charge in [0.25, 0.3) is 0 Å². The Hall–Kier alpha value is -2.49. The third-order valence-corrected chi connectivity index (χ3v) is 2.65. The zero-order valence-corrected chi connectivity index (χ0v) is 8.92. The molecule has 4 nitrogen and oxygen atoms in total. The molecule has 0 aliphatic heterocycles. The summed E-state index contributed by atoms with van der Waals surface area (Å²) < 4.78 is 0. The van der Waals surface area contributed by atoms with E-state index in [-0.39, 0.29) is 0 Å². The van der Waals surface area contributed by atoms with Crippen molar-refractivity contribution in [2.75, 3.05) is 0 Å². The number of benzene rings is 1. The molecule has 1 aromatic carbocycles. The number of pyridine rings is 1. The molecule has 0 spiro atoms. The van der Waals surface area contributed by atoms with E-state index in [0.717, 1.165) is 28.4 Å². The first-order valence-corrected chi connectivity index (χ1v) is 5.21. The van der Waals surface area contributed by atoms with Crippen LogP contribution >= 0.6 is 0 Å². The average Bonchev–Trinajstić information content (AvgIpc) is 2.86. The van der Waals surface area contributed by atoms with Crippen molar-refractivity contribution in [3.8, 4) is 11.1 Å². The molecule has 0 saturated heterocycles. The van der Waals surface area contributed by atoms with Crippen LogP contribution in [0.25, 0.3) is 22.2 Å². The van der Waals surface area contributed by atoms with Crippen LogP contribution in [-0.4, -0.2) is 21.5 Å². The summed E-state index contributed by atoms with van der Waals surface area (Å²) in [6, 6.07) is 9.43. The number of aromatic nitrogens is 3. The van der Waals surface area contributed by atoms with Crippen LogP contribution in [0.15, 0.2) is 42.7 Å². The molecule has 0 saturated carbocycles. The number of hydrogen-bond donors (Lipinski definition) is 1. The minimum absolute atomic E-state index is 0.662. The van der Waals surface area contributed by atoms with Crippen LogP contribution in [0.5, 0.6) is 0 Å². The Kier molecular flexibility index (Phi) is 2.19. The van der Waals surface area contributed by atoms with Crippen molar-refractivity contribution >= 4 is 17.3 Å². The van der Waals surface area contributed by atoms with Crippen molar-refractivity contribution in [3.63, 3.8) is 0 Å². The van der Waals surface area contributed by atoms with Gasteiger partial charge in [0, 0.05) is 22.7 Å². The summed E-state index contributed by atoms with van der Waals surface area (Å²) in [5.74, 6) is 0. The number of nitrogens with zero attached hydrogens (tertiary/aromatic N) is 2. The molecule has 2 aromatic heterocycles. The fraction of sp³-hybridized carbons (Fsp3) is 0. The van der Waals surface area contributed by atoms with Gasteiger partial charge in [0.15, 0.2) is 5.65 Å². The molecule has 0 atom stereocenters. The number of nitrogens with one attached hydrogen (secondary N) is 1. The lowest BCUT2D eigenvalue weighted by Gasteiger charge is -2.01. The van der Waals surface area contributed by atoms with Crippen LogP contribution in [-0.2, 0) is 0 Å². The molecule has 3 rings (SSSR count). The minimum atomic E-state index is 0.662. The molecular formula is C13H9N3O. The van der Waals surface area contributed by atoms with Crippen LogP contribution < -0.4 is 0 Å². The van der Waals surface area contributed by atoms with Crippen molar-refractivity contribution in [3.05, 3.63) is 48.3 Å². The Morgan fingerprint density at radius 1 is 1.12 bits per heavy atom. The molecule has 0 bridgehead atoms. The molecule has 0 fully saturated rings. The number of H-pyrrole nitrogens is 1. The highest BCUT2D eigenvalue weighted by molar-refractivity contribution is 5.83. The van der Waals surface area contributed by atoms with E-state index in [1.165, 1.54) is 0 Å². The normalized spacial score (nSPS) is 10.6. The van der Waals surface area contributed by atoms with Crippen molar-refractivity contribution in [2.24, 2.45) is 0 Å². The molecule has 4 heteroatoms. The van der Waals surface area contributed by atoms with Gasteiger partial charge in [-0.05, 0) is 17.7 Å². The molecule has 0 aliphatic rings. The van der Waals surface area contributed by atoms with Gasteiger partial charge in [-0.1, -0.05) is 18.2 Å². The summed E-state index contributed by atoms with van der Waals surface area (Å²) in [5, 5.41) is 7.69. The third-order valence-electron chi connectivity index (χ3n) is 2.65. The van der Waals surface area contributed by atoms with Gasteiger partial charge in [0.2, 0.25) is 0 Å². The first kappa shape index (κ1) is 9.72. The summed E-state index contributed by atoms with van der Waals surface area (Å²) in [5.41, 5.74) is 3.38. The second kappa shape index (κ2) is 3.83. The Labute approximate surface area is 97.3 Å². The number of rotatable bonds is 2. The van der Waals surface area contributed by atoms with Gasteiger partial charge in [0.05, 0.1) is 6.20 Å². The molecule has 0 radical (unpaired) electrons. The maximum absolute atomic E-state index is 10.7. The van der Waals surface area contributed by atoms with Crippen LogP contribution in [0.2, 0.25) is 0 Å². The van der Waals surface area contributed by atoms with E-state index in [1.54, 1.807) is 18.5 Å². The summed E-state index contributed by atoms with van der Waals surface area (Å²) in [6.45, 7) is 0. The Balaban J connectivity index is 2.15. The standard InChI is InChI=1S/C13H9N3O/c17-8-9-2-1-3-10(4-9)11-5-12-7-15-16-13(12)14-6-11/h1-8H,(H,14,15,16). The van der Waals surface area contributed by atoms with Gasteiger partial charge >= 0.3 is 0 Å². The molecule has 0 amide bonds. The highest BCUT2D eigenvalue weighted by Gasteiger charge is 2.02. The monoisotopic (exact) mass is 223 g/mol. The number of aromatic amines is 1. The molecule has 17 heavy (non-hydrogen) atoms. The first-order chi connectivity index (χ1) is 8.36. The molecule has 2 heterocycles. The molecule has 3 aromatic rings. The fourth-order valence-electron chi connectivity index (χ4n) is 1.79. The Bertz CT molecular complexity index is 688. The van der Waals surface area contributed by atoms with Gasteiger partial charge in [-0.25, -0.2) is 4.98 Å². The quantitative estimate of drug-likeness (QED) is 0.679. The first-order valence-electron chi connectivity index (χ1n) is 5.21. The number of carbonyl (C=O) groups is 1. The maximum atomic E-state index is 10.7. The van der Waals surface area contributed by atoms with Gasteiger partial charge in [-0.3, -0.25) is 9.89 Å². The molecule has 82 valence electrons. The number of carbonyl (C=O) groups excluding carboxylic acids is 1. The van der Waals surface area contributed by atoms with Crippen molar-refractivity contribution in [1.82, 2.24) is 15.2 Å². The van der Waals surface area contributed by atoms with Crippen LogP contribution in [0.1, 0.15) is 10.4 Å². The van der Waals surface area contributed by atoms with Gasteiger partial charge in [-0.2, -0.15) is 5.10 Å². The van der Waals surface area contributed by atoms with Crippen LogP contribution in [0, 0.1) is 0 Å². The lowest BCUT2D eigenvalue weighted by atomic mass is 10.0. The topological polar surface area (TPSA) is 58.6 Å². The van der Waals surface area contributed by atoms with Crippen molar-refractivity contribution in [2.45, 2.75) is 0 Å². The number of fused-ring (bicyclic) bond motifs is 1. The summed E-state index contributed by atoms with van der Waals surface area (Å²) in [7, 11) is 0. The lowest BCUT2D eigenvalue weighted by Crippen LogP contribution is -1.84. The summed E-state index contributed by atoms with van der Waals surface area (Å²) in [4.78, 5) is 15.0. The summed E-state index contributed by atoms with van der Waals surface area (Å²) >= 11 is 0. The van der Waals surface area contributed by atoms with Gasteiger partial charge < -0.3 is 0 Å². The van der Waals surface area contributed by atoms with E-state index >= 15 is 0 Å². The average molecular weight is 223 g/mol. The van der Waals surface area contributed by atoms with E-state index in [0.29, 0.717) is 5.56 Å². The number of aldehydes is 1. The zero-order chi connectivity index (χ0) is 11.7. The van der Waals surface area contributed by atoms with Gasteiger partial charge in [-0.15, -0.1) is 0 Å². The van der Waals surface area contributed by atoms with E-state index in [9.17, 15) is 4.79 Å². The molecule has 0 unspecified atom stereocenters. The highest BCUT2D eigenvalue weighted by atomic mass is 16.1. The third kappa shape index (κ3) is 1.69. The second-order valence-corrected chi connectivity index (χ2v) is 3.78. The SMILES string of the molecule is O=Cc1cccc(-c2cnc3[nH]ncc3c2)c1. The maximum Gasteiger partial charge on any atom is 0.155 e. The van der Waals surface area contributed by atoms with E-state index < -0.39 is 0 Å². The van der Waals surface area contributed by atoms with E-state index in [1.807, 2.05) is 24.3 Å². The van der Waals surface area contributed by atoms with E-state index in [4.69, 9.17) is 0 Å². The molecule has 0 aliphatic carbocycles. The Morgan fingerprint density at radius 2 is 2.06 bits per heavy atom. The molecular weight excluding hydrogens is 214 g/mol. The van der Waals surface area contributed by atoms with Crippen molar-refractivity contribution < 1.29 is 4.79 Å². The zero-order valence-electron chi connectivity index (χ0n) is 8.92. The minimum Gasteiger partial charge on any atom is -0.298 e. The van der Waals surface area contributed by atoms with Crippen LogP contribution in [0.4, 0.5) is 0 Å². The van der Waals surface area contributed by atoms with Crippen molar-refractivity contribution in [1.29, 1.82) is 0 Å². The van der Waals surface area contributed by atoms with E-state index in [2.05, 4.69) is 15.2 Å². The van der Waals surface area contributed by atoms with Crippen LogP contribution in [0.3, 0.4) is 0 Å². The predicted molar refractivity (Wildman–Crippen MR) is 64.7 cm³/mol. The predicted octanol–water partition coefficient (Wildman–Crippen LogP) is 2.44. The smallest absolute Gasteiger partial charge is 0.155 e. The lowest BCUT2D eigenvalue weighted by molar-refractivity contribution is 0.112. The second-order valence-electron chi connectivity index (χ2n) is 3.78. The summed E-state index contributed by atoms with van der Waals surface area (Å²) in [6.07, 6.45) is 4.34. The highest BCUT2D eigenvalue weighted by Crippen LogP contribution is 2.22. The Morgan fingerprint density at radius 3 is 2.94 bits per heavy atom. The fourth-order valence-corrected chi connectivity index (χ4v) is 1.79. The molecule has 1 N–H and O–H groups in total. The van der Waals surface area contributed by atoms with Gasteiger partial charge in [0.1, 0.15) is 6.29 Å². The largest absolute Gasteiger partial charge is 0.298 e.